The van der Waals surface area contributed by atoms with Gasteiger partial charge >= 0.3 is 0 Å². The fourth-order valence-corrected chi connectivity index (χ4v) is 0.534. The first-order valence-corrected chi connectivity index (χ1v) is 6.71. The van der Waals surface area contributed by atoms with E-state index in [4.69, 9.17) is 9.66 Å². The van der Waals surface area contributed by atoms with Gasteiger partial charge in [-0.3, -0.25) is 4.55 Å². The molecule has 0 aromatic heterocycles. The number of aliphatic hydroxyl groups excluding tert-OH is 1. The van der Waals surface area contributed by atoms with Crippen LogP contribution in [0.4, 0.5) is 0 Å². The molecule has 0 fully saturated rings. The Hall–Kier alpha value is -0.910. The van der Waals surface area contributed by atoms with Crippen LogP contribution >= 0.6 is 0 Å². The van der Waals surface area contributed by atoms with Gasteiger partial charge in [-0.15, -0.1) is 0 Å². The number of hydrogen-bond acceptors (Lipinski definition) is 3. The van der Waals surface area contributed by atoms with E-state index in [0.29, 0.717) is 12.9 Å². The maximum atomic E-state index is 9.19. The lowest BCUT2D eigenvalue weighted by atomic mass is 10.2. The summed E-state index contributed by atoms with van der Waals surface area (Å²) in [6.45, 7) is 4.33. The maximum Gasteiger partial charge on any atom is 0.261 e. The summed E-state index contributed by atoms with van der Waals surface area (Å²) in [5.74, 6) is 0. The number of rotatable bonds is 1. The Bertz CT molecular complexity index is 322. The van der Waals surface area contributed by atoms with Gasteiger partial charge in [0, 0.05) is 6.61 Å². The molecule has 0 amide bonds. The molecule has 5 heteroatoms. The molecule has 1 aromatic carbocycles. The third-order valence-electron chi connectivity index (χ3n) is 1.16. The molecule has 0 radical (unpaired) electrons. The average molecular weight is 248 g/mol. The van der Waals surface area contributed by atoms with E-state index in [0.717, 1.165) is 6.42 Å². The average Bonchev–Trinajstić information content (AvgIpc) is 2.17. The molecular formula is C11H20O4S. The van der Waals surface area contributed by atoms with Crippen molar-refractivity contribution in [3.8, 4) is 0 Å². The summed E-state index contributed by atoms with van der Waals surface area (Å²) in [4.78, 5) is 0. The molecule has 1 aromatic rings. The largest absolute Gasteiger partial charge is 0.396 e. The number of hydrogen-bond donors (Lipinski definition) is 2. The Balaban J connectivity index is 0. The second-order valence-corrected chi connectivity index (χ2v) is 4.58. The van der Waals surface area contributed by atoms with E-state index in [1.807, 2.05) is 25.1 Å². The molecule has 4 nitrogen and oxygen atoms in total. The van der Waals surface area contributed by atoms with Crippen molar-refractivity contribution in [3.05, 3.63) is 35.9 Å². The molecule has 0 heterocycles. The van der Waals surface area contributed by atoms with Crippen LogP contribution in [-0.4, -0.2) is 30.9 Å². The van der Waals surface area contributed by atoms with Crippen LogP contribution in [0.25, 0.3) is 0 Å². The van der Waals surface area contributed by atoms with E-state index in [2.05, 4.69) is 19.1 Å². The van der Waals surface area contributed by atoms with Crippen molar-refractivity contribution in [3.63, 3.8) is 0 Å². The van der Waals surface area contributed by atoms with E-state index in [1.54, 1.807) is 0 Å². The van der Waals surface area contributed by atoms with Crippen molar-refractivity contribution in [2.24, 2.45) is 0 Å². The van der Waals surface area contributed by atoms with Crippen LogP contribution in [0, 0.1) is 6.92 Å². The SMILES string of the molecule is CCCO.CS(=O)(=O)O.Cc1ccccc1. The van der Waals surface area contributed by atoms with Crippen molar-refractivity contribution in [2.75, 3.05) is 12.9 Å². The zero-order valence-electron chi connectivity index (χ0n) is 9.92. The summed E-state index contributed by atoms with van der Waals surface area (Å²) in [5, 5.41) is 7.88. The van der Waals surface area contributed by atoms with E-state index in [1.165, 1.54) is 5.56 Å². The van der Waals surface area contributed by atoms with Gasteiger partial charge in [0.05, 0.1) is 6.26 Å². The highest BCUT2D eigenvalue weighted by Gasteiger charge is 1.81. The molecule has 0 aliphatic rings. The smallest absolute Gasteiger partial charge is 0.261 e. The van der Waals surface area contributed by atoms with E-state index in [-0.39, 0.29) is 0 Å². The molecule has 0 saturated heterocycles. The number of benzene rings is 1. The molecule has 0 aliphatic heterocycles. The molecule has 0 aliphatic carbocycles. The van der Waals surface area contributed by atoms with Crippen molar-refractivity contribution < 1.29 is 18.1 Å². The van der Waals surface area contributed by atoms with Gasteiger partial charge < -0.3 is 5.11 Å². The topological polar surface area (TPSA) is 74.6 Å². The number of aliphatic hydroxyl groups is 1. The summed E-state index contributed by atoms with van der Waals surface area (Å²) in [5.41, 5.74) is 1.32. The zero-order valence-corrected chi connectivity index (χ0v) is 10.7. The summed E-state index contributed by atoms with van der Waals surface area (Å²) in [6.07, 6.45) is 1.59. The molecule has 2 N–H and O–H groups in total. The second kappa shape index (κ2) is 10.6. The zero-order chi connectivity index (χ0) is 13.0. The first-order chi connectivity index (χ1) is 7.31. The van der Waals surface area contributed by atoms with E-state index < -0.39 is 10.1 Å². The van der Waals surface area contributed by atoms with Gasteiger partial charge in [-0.05, 0) is 13.3 Å². The van der Waals surface area contributed by atoms with Crippen molar-refractivity contribution >= 4 is 10.1 Å². The molecular weight excluding hydrogens is 228 g/mol. The van der Waals surface area contributed by atoms with Gasteiger partial charge in [-0.1, -0.05) is 42.8 Å². The summed E-state index contributed by atoms with van der Waals surface area (Å²) < 4.78 is 25.9. The molecule has 0 unspecified atom stereocenters. The van der Waals surface area contributed by atoms with E-state index >= 15 is 0 Å². The van der Waals surface area contributed by atoms with Gasteiger partial charge in [0.2, 0.25) is 0 Å². The molecule has 94 valence electrons. The monoisotopic (exact) mass is 248 g/mol. The lowest BCUT2D eigenvalue weighted by Gasteiger charge is -1.82. The normalized spacial score (nSPS) is 9.31. The van der Waals surface area contributed by atoms with Crippen LogP contribution in [-0.2, 0) is 10.1 Å². The van der Waals surface area contributed by atoms with Gasteiger partial charge in [-0.2, -0.15) is 8.42 Å². The van der Waals surface area contributed by atoms with Crippen LogP contribution in [0.2, 0.25) is 0 Å². The minimum absolute atomic E-state index is 0.319. The summed E-state index contributed by atoms with van der Waals surface area (Å²) >= 11 is 0. The van der Waals surface area contributed by atoms with Gasteiger partial charge in [-0.25, -0.2) is 0 Å². The Morgan fingerprint density at radius 1 is 1.19 bits per heavy atom. The Kier molecular flexibility index (Phi) is 11.6. The Morgan fingerprint density at radius 3 is 1.62 bits per heavy atom. The standard InChI is InChI=1S/C7H8.C3H8O.CH4O3S/c1-7-5-3-2-4-6-7;1-2-3-4;1-5(2,3)4/h2-6H,1H3;4H,2-3H2,1H3;1H3,(H,2,3,4). The van der Waals surface area contributed by atoms with Crippen LogP contribution in [0.5, 0.6) is 0 Å². The highest BCUT2D eigenvalue weighted by atomic mass is 32.2. The summed E-state index contributed by atoms with van der Waals surface area (Å²) in [7, 11) is -3.67. The summed E-state index contributed by atoms with van der Waals surface area (Å²) in [6, 6.07) is 10.3. The Labute approximate surface area is 97.7 Å². The lowest BCUT2D eigenvalue weighted by molar-refractivity contribution is 0.295. The molecule has 0 atom stereocenters. The lowest BCUT2D eigenvalue weighted by Crippen LogP contribution is -1.88. The van der Waals surface area contributed by atoms with Crippen molar-refractivity contribution in [1.82, 2.24) is 0 Å². The number of aryl methyl sites for hydroxylation is 1. The van der Waals surface area contributed by atoms with Crippen LogP contribution in [0.15, 0.2) is 30.3 Å². The minimum Gasteiger partial charge on any atom is -0.396 e. The Morgan fingerprint density at radius 2 is 1.50 bits per heavy atom. The molecule has 1 rings (SSSR count). The van der Waals surface area contributed by atoms with Gasteiger partial charge in [0.1, 0.15) is 0 Å². The van der Waals surface area contributed by atoms with Gasteiger partial charge in [0.25, 0.3) is 10.1 Å². The van der Waals surface area contributed by atoms with E-state index in [9.17, 15) is 8.42 Å². The minimum atomic E-state index is -3.67. The second-order valence-electron chi connectivity index (χ2n) is 3.11. The molecule has 16 heavy (non-hydrogen) atoms. The third-order valence-corrected chi connectivity index (χ3v) is 1.16. The third kappa shape index (κ3) is 29.2. The van der Waals surface area contributed by atoms with Crippen LogP contribution in [0.3, 0.4) is 0 Å². The quantitative estimate of drug-likeness (QED) is 0.744. The first kappa shape index (κ1) is 17.5. The highest BCUT2D eigenvalue weighted by molar-refractivity contribution is 7.85. The fraction of sp³-hybridized carbons (Fsp3) is 0.455. The molecule has 0 spiro atoms. The van der Waals surface area contributed by atoms with Crippen molar-refractivity contribution in [2.45, 2.75) is 20.3 Å². The van der Waals surface area contributed by atoms with Gasteiger partial charge in [0.15, 0.2) is 0 Å². The first-order valence-electron chi connectivity index (χ1n) is 4.86. The fourth-order valence-electron chi connectivity index (χ4n) is 0.534. The molecule has 0 bridgehead atoms. The van der Waals surface area contributed by atoms with Crippen LogP contribution in [0.1, 0.15) is 18.9 Å². The maximum absolute atomic E-state index is 9.19. The van der Waals surface area contributed by atoms with Crippen molar-refractivity contribution in [1.29, 1.82) is 0 Å². The predicted molar refractivity (Wildman–Crippen MR) is 66.0 cm³/mol. The predicted octanol–water partition coefficient (Wildman–Crippen LogP) is 1.89. The highest BCUT2D eigenvalue weighted by Crippen LogP contribution is 1.92. The molecule has 0 saturated carbocycles. The van der Waals surface area contributed by atoms with Crippen LogP contribution < -0.4 is 0 Å².